The summed E-state index contributed by atoms with van der Waals surface area (Å²) in [6.07, 6.45) is 2.77. The first-order chi connectivity index (χ1) is 13.7. The largest absolute Gasteiger partial charge is 0.342 e. The molecule has 0 spiro atoms. The van der Waals surface area contributed by atoms with Gasteiger partial charge in [0.2, 0.25) is 5.91 Å². The van der Waals surface area contributed by atoms with E-state index in [1.54, 1.807) is 11.1 Å². The van der Waals surface area contributed by atoms with Crippen LogP contribution < -0.4 is 15.5 Å². The van der Waals surface area contributed by atoms with Crippen LogP contribution in [-0.4, -0.2) is 35.0 Å². The molecule has 1 atom stereocenters. The van der Waals surface area contributed by atoms with Crippen molar-refractivity contribution in [2.24, 2.45) is 0 Å². The van der Waals surface area contributed by atoms with Crippen LogP contribution in [0.3, 0.4) is 0 Å². The van der Waals surface area contributed by atoms with Crippen LogP contribution in [0.5, 0.6) is 0 Å². The summed E-state index contributed by atoms with van der Waals surface area (Å²) >= 11 is 2.89. The Labute approximate surface area is 170 Å². The summed E-state index contributed by atoms with van der Waals surface area (Å²) in [6, 6.07) is 9.35. The summed E-state index contributed by atoms with van der Waals surface area (Å²) in [6.45, 7) is 1.33. The average Bonchev–Trinajstić information content (AvgIpc) is 3.39. The van der Waals surface area contributed by atoms with E-state index in [1.165, 1.54) is 22.7 Å². The minimum Gasteiger partial charge on any atom is -0.342 e. The molecule has 0 aliphatic carbocycles. The highest BCUT2D eigenvalue weighted by Gasteiger charge is 2.23. The first-order valence-corrected chi connectivity index (χ1v) is 10.7. The lowest BCUT2D eigenvalue weighted by atomic mass is 10.1. The summed E-state index contributed by atoms with van der Waals surface area (Å²) in [5.74, 6) is -0.135. The number of hydrogen-bond acceptors (Lipinski definition) is 6. The third-order valence-corrected chi connectivity index (χ3v) is 6.08. The third-order valence-electron chi connectivity index (χ3n) is 4.33. The zero-order valence-corrected chi connectivity index (χ0v) is 16.6. The molecule has 0 bridgehead atoms. The number of hydrogen-bond donors (Lipinski definition) is 2. The van der Waals surface area contributed by atoms with Crippen molar-refractivity contribution in [3.8, 4) is 0 Å². The second-order valence-electron chi connectivity index (χ2n) is 6.32. The number of anilines is 1. The van der Waals surface area contributed by atoms with Crippen LogP contribution in [0.1, 0.15) is 28.7 Å². The third kappa shape index (κ3) is 4.20. The maximum atomic E-state index is 12.7. The minimum atomic E-state index is -0.292. The van der Waals surface area contributed by atoms with Gasteiger partial charge in [0.1, 0.15) is 11.0 Å². The number of amides is 3. The molecule has 0 radical (unpaired) electrons. The number of nitrogens with zero attached hydrogens (tertiary/aromatic N) is 3. The monoisotopic (exact) mass is 413 g/mol. The normalized spacial score (nSPS) is 15.1. The van der Waals surface area contributed by atoms with Gasteiger partial charge in [0, 0.05) is 30.0 Å². The van der Waals surface area contributed by atoms with E-state index >= 15 is 0 Å². The molecule has 7 nitrogen and oxygen atoms in total. The number of urea groups is 1. The van der Waals surface area contributed by atoms with Crippen LogP contribution in [0.25, 0.3) is 0 Å². The van der Waals surface area contributed by atoms with E-state index < -0.39 is 0 Å². The van der Waals surface area contributed by atoms with E-state index in [4.69, 9.17) is 0 Å². The van der Waals surface area contributed by atoms with Gasteiger partial charge in [-0.15, -0.1) is 22.7 Å². The molecule has 4 rings (SSSR count). The van der Waals surface area contributed by atoms with Crippen molar-refractivity contribution < 1.29 is 9.59 Å². The van der Waals surface area contributed by atoms with Gasteiger partial charge in [0.05, 0.1) is 12.1 Å². The molecule has 2 N–H and O–H groups in total. The van der Waals surface area contributed by atoms with Crippen molar-refractivity contribution in [1.82, 2.24) is 20.6 Å². The van der Waals surface area contributed by atoms with Crippen LogP contribution in [0.15, 0.2) is 47.3 Å². The van der Waals surface area contributed by atoms with E-state index in [9.17, 15) is 9.59 Å². The SMILES string of the molecule is O=C(Cc1csc(N2CCCNC2=O)n1)NC(c1ccccc1)c1nccs1. The lowest BCUT2D eigenvalue weighted by molar-refractivity contribution is -0.121. The quantitative estimate of drug-likeness (QED) is 0.650. The summed E-state index contributed by atoms with van der Waals surface area (Å²) in [5.41, 5.74) is 1.64. The van der Waals surface area contributed by atoms with Crippen LogP contribution in [0, 0.1) is 0 Å². The van der Waals surface area contributed by atoms with Gasteiger partial charge in [-0.1, -0.05) is 30.3 Å². The van der Waals surface area contributed by atoms with Gasteiger partial charge in [-0.2, -0.15) is 0 Å². The van der Waals surface area contributed by atoms with Crippen LogP contribution >= 0.6 is 22.7 Å². The van der Waals surface area contributed by atoms with Gasteiger partial charge >= 0.3 is 6.03 Å². The molecular formula is C19H19N5O2S2. The highest BCUT2D eigenvalue weighted by atomic mass is 32.1. The van der Waals surface area contributed by atoms with E-state index in [-0.39, 0.29) is 24.4 Å². The predicted molar refractivity (Wildman–Crippen MR) is 110 cm³/mol. The first-order valence-electron chi connectivity index (χ1n) is 8.94. The van der Waals surface area contributed by atoms with Crippen molar-refractivity contribution in [2.45, 2.75) is 18.9 Å². The topological polar surface area (TPSA) is 87.2 Å². The summed E-state index contributed by atoms with van der Waals surface area (Å²) in [4.78, 5) is 35.1. The lowest BCUT2D eigenvalue weighted by Crippen LogP contribution is -2.46. The Kier molecular flexibility index (Phi) is 5.63. The molecule has 1 aliphatic rings. The summed E-state index contributed by atoms with van der Waals surface area (Å²) in [5, 5.41) is 11.1. The highest BCUT2D eigenvalue weighted by Crippen LogP contribution is 2.25. The highest BCUT2D eigenvalue weighted by molar-refractivity contribution is 7.14. The van der Waals surface area contributed by atoms with E-state index in [0.29, 0.717) is 23.9 Å². The molecule has 3 amide bonds. The fourth-order valence-corrected chi connectivity index (χ4v) is 4.56. The lowest BCUT2D eigenvalue weighted by Gasteiger charge is -2.24. The number of thiazole rings is 2. The molecule has 3 aromatic rings. The number of rotatable bonds is 6. The molecule has 1 saturated heterocycles. The predicted octanol–water partition coefficient (Wildman–Crippen LogP) is 2.97. The van der Waals surface area contributed by atoms with Gasteiger partial charge in [-0.25, -0.2) is 14.8 Å². The number of aromatic nitrogens is 2. The summed E-state index contributed by atoms with van der Waals surface area (Å²) in [7, 11) is 0. The Morgan fingerprint density at radius 1 is 1.29 bits per heavy atom. The van der Waals surface area contributed by atoms with Crippen molar-refractivity contribution in [3.63, 3.8) is 0 Å². The maximum absolute atomic E-state index is 12.7. The van der Waals surface area contributed by atoms with Gasteiger partial charge in [-0.05, 0) is 12.0 Å². The first kappa shape index (κ1) is 18.6. The average molecular weight is 414 g/mol. The van der Waals surface area contributed by atoms with Gasteiger partial charge in [0.25, 0.3) is 0 Å². The zero-order valence-electron chi connectivity index (χ0n) is 15.0. The van der Waals surface area contributed by atoms with E-state index in [0.717, 1.165) is 17.0 Å². The molecule has 1 unspecified atom stereocenters. The Hall–Kier alpha value is -2.78. The second kappa shape index (κ2) is 8.49. The van der Waals surface area contributed by atoms with Gasteiger partial charge < -0.3 is 10.6 Å². The molecule has 28 heavy (non-hydrogen) atoms. The molecule has 144 valence electrons. The molecule has 9 heteroatoms. The Morgan fingerprint density at radius 3 is 2.89 bits per heavy atom. The van der Waals surface area contributed by atoms with Crippen molar-refractivity contribution in [3.05, 3.63) is 63.6 Å². The van der Waals surface area contributed by atoms with Crippen molar-refractivity contribution in [1.29, 1.82) is 0 Å². The maximum Gasteiger partial charge on any atom is 0.323 e. The molecule has 2 aromatic heterocycles. The van der Waals surface area contributed by atoms with Crippen LogP contribution in [0.4, 0.5) is 9.93 Å². The fraction of sp³-hybridized carbons (Fsp3) is 0.263. The van der Waals surface area contributed by atoms with Gasteiger partial charge in [-0.3, -0.25) is 9.69 Å². The Bertz CT molecular complexity index is 942. The molecule has 0 saturated carbocycles. The summed E-state index contributed by atoms with van der Waals surface area (Å²) < 4.78 is 0. The number of nitrogens with one attached hydrogen (secondary N) is 2. The van der Waals surface area contributed by atoms with Crippen LogP contribution in [-0.2, 0) is 11.2 Å². The van der Waals surface area contributed by atoms with Crippen molar-refractivity contribution in [2.75, 3.05) is 18.0 Å². The van der Waals surface area contributed by atoms with E-state index in [1.807, 2.05) is 41.1 Å². The molecule has 1 aliphatic heterocycles. The molecule has 3 heterocycles. The van der Waals surface area contributed by atoms with Crippen LogP contribution in [0.2, 0.25) is 0 Å². The number of carbonyl (C=O) groups excluding carboxylic acids is 2. The Morgan fingerprint density at radius 2 is 2.14 bits per heavy atom. The fourth-order valence-electron chi connectivity index (χ4n) is 3.00. The van der Waals surface area contributed by atoms with E-state index in [2.05, 4.69) is 20.6 Å². The second-order valence-corrected chi connectivity index (χ2v) is 8.08. The Balaban J connectivity index is 1.45. The van der Waals surface area contributed by atoms with Crippen molar-refractivity contribution >= 4 is 39.7 Å². The smallest absolute Gasteiger partial charge is 0.323 e. The zero-order chi connectivity index (χ0) is 19.3. The molecule has 1 aromatic carbocycles. The molecule has 1 fully saturated rings. The molecular weight excluding hydrogens is 394 g/mol. The van der Waals surface area contributed by atoms with Gasteiger partial charge in [0.15, 0.2) is 5.13 Å². The number of benzene rings is 1. The number of carbonyl (C=O) groups is 2. The minimum absolute atomic E-state index is 0.135. The standard InChI is InChI=1S/C19H19N5O2S2/c25-15(11-14-12-28-19(22-14)24-9-4-7-21-18(24)26)23-16(17-20-8-10-27-17)13-5-2-1-3-6-13/h1-3,5-6,8,10,12,16H,4,7,9,11H2,(H,21,26)(H,23,25).